The summed E-state index contributed by atoms with van der Waals surface area (Å²) in [6, 6.07) is 10.8. The Labute approximate surface area is 149 Å². The maximum atomic E-state index is 10.9. The molecule has 3 heterocycles. The monoisotopic (exact) mass is 341 g/mol. The number of imidazole rings is 1. The molecule has 134 valence electrons. The molecule has 0 spiro atoms. The van der Waals surface area contributed by atoms with Crippen LogP contribution in [0.1, 0.15) is 24.8 Å². The van der Waals surface area contributed by atoms with Crippen LogP contribution in [0.25, 0.3) is 0 Å². The average molecular weight is 341 g/mol. The number of hydrogen-bond donors (Lipinski definition) is 1. The van der Waals surface area contributed by atoms with Crippen LogP contribution in [0.2, 0.25) is 0 Å². The van der Waals surface area contributed by atoms with Gasteiger partial charge in [0.2, 0.25) is 0 Å². The molecule has 0 saturated carbocycles. The molecule has 2 aliphatic heterocycles. The Hall–Kier alpha value is -1.69. The first kappa shape index (κ1) is 16.8. The van der Waals surface area contributed by atoms with Crippen molar-refractivity contribution in [1.29, 1.82) is 0 Å². The molecule has 0 radical (unpaired) electrons. The number of rotatable bonds is 5. The van der Waals surface area contributed by atoms with Crippen LogP contribution in [0.4, 0.5) is 0 Å². The minimum atomic E-state index is -0.622. The Balaban J connectivity index is 1.40. The number of hydrogen-bond acceptors (Lipinski definition) is 4. The van der Waals surface area contributed by atoms with Crippen molar-refractivity contribution in [2.24, 2.45) is 0 Å². The average Bonchev–Trinajstić information content (AvgIpc) is 3.31. The summed E-state index contributed by atoms with van der Waals surface area (Å²) in [5, 5.41) is 10.9. The first-order valence-electron chi connectivity index (χ1n) is 9.21. The molecule has 2 saturated heterocycles. The van der Waals surface area contributed by atoms with Crippen LogP contribution in [-0.2, 0) is 16.7 Å². The van der Waals surface area contributed by atoms with Gasteiger partial charge < -0.3 is 19.3 Å². The maximum absolute atomic E-state index is 10.9. The van der Waals surface area contributed by atoms with Gasteiger partial charge in [0.15, 0.2) is 0 Å². The predicted octanol–water partition coefficient (Wildman–Crippen LogP) is 2.07. The van der Waals surface area contributed by atoms with E-state index < -0.39 is 5.60 Å². The zero-order chi connectivity index (χ0) is 17.2. The molecule has 0 amide bonds. The van der Waals surface area contributed by atoms with Crippen molar-refractivity contribution in [3.05, 3.63) is 54.6 Å². The van der Waals surface area contributed by atoms with Gasteiger partial charge >= 0.3 is 0 Å². The van der Waals surface area contributed by atoms with Crippen molar-refractivity contribution in [2.75, 3.05) is 32.8 Å². The van der Waals surface area contributed by atoms with E-state index in [9.17, 15) is 5.11 Å². The molecule has 1 aromatic heterocycles. The summed E-state index contributed by atoms with van der Waals surface area (Å²) in [4.78, 5) is 6.58. The molecular weight excluding hydrogens is 314 g/mol. The molecule has 2 fully saturated rings. The highest BCUT2D eigenvalue weighted by Crippen LogP contribution is 2.35. The van der Waals surface area contributed by atoms with Crippen LogP contribution in [-0.4, -0.2) is 58.0 Å². The van der Waals surface area contributed by atoms with Crippen molar-refractivity contribution in [3.8, 4) is 0 Å². The lowest BCUT2D eigenvalue weighted by atomic mass is 9.78. The van der Waals surface area contributed by atoms with E-state index in [1.165, 1.54) is 5.56 Å². The molecule has 4 rings (SSSR count). The Morgan fingerprint density at radius 3 is 2.52 bits per heavy atom. The van der Waals surface area contributed by atoms with Crippen molar-refractivity contribution in [2.45, 2.75) is 36.8 Å². The van der Waals surface area contributed by atoms with Gasteiger partial charge in [0.05, 0.1) is 25.1 Å². The molecule has 1 aromatic carbocycles. The second-order valence-corrected chi connectivity index (χ2v) is 7.68. The van der Waals surface area contributed by atoms with Crippen molar-refractivity contribution < 1.29 is 9.84 Å². The predicted molar refractivity (Wildman–Crippen MR) is 96.4 cm³/mol. The number of likely N-dealkylation sites (tertiary alicyclic amines) is 1. The first-order valence-corrected chi connectivity index (χ1v) is 9.21. The molecule has 1 unspecified atom stereocenters. The van der Waals surface area contributed by atoms with Gasteiger partial charge in [0.1, 0.15) is 0 Å². The fourth-order valence-electron chi connectivity index (χ4n) is 4.28. The first-order chi connectivity index (χ1) is 12.2. The highest BCUT2D eigenvalue weighted by atomic mass is 16.5. The molecular formula is C20H27N3O2. The van der Waals surface area contributed by atoms with E-state index >= 15 is 0 Å². The molecule has 2 aromatic rings. The van der Waals surface area contributed by atoms with Crippen molar-refractivity contribution in [1.82, 2.24) is 14.5 Å². The zero-order valence-corrected chi connectivity index (χ0v) is 14.7. The van der Waals surface area contributed by atoms with Crippen LogP contribution in [0, 0.1) is 0 Å². The Morgan fingerprint density at radius 2 is 1.88 bits per heavy atom. The number of benzene rings is 1. The summed E-state index contributed by atoms with van der Waals surface area (Å²) in [6.07, 6.45) is 8.15. The van der Waals surface area contributed by atoms with E-state index in [2.05, 4.69) is 40.2 Å². The second kappa shape index (κ2) is 6.90. The van der Waals surface area contributed by atoms with Crippen LogP contribution < -0.4 is 0 Å². The summed E-state index contributed by atoms with van der Waals surface area (Å²) < 4.78 is 7.76. The fourth-order valence-corrected chi connectivity index (χ4v) is 4.28. The van der Waals surface area contributed by atoms with Crippen LogP contribution >= 0.6 is 0 Å². The lowest BCUT2D eigenvalue weighted by Crippen LogP contribution is -2.50. The Kier molecular flexibility index (Phi) is 4.63. The maximum Gasteiger partial charge on any atom is 0.0946 e. The number of aromatic nitrogens is 2. The highest BCUT2D eigenvalue weighted by molar-refractivity contribution is 5.27. The largest absolute Gasteiger partial charge is 0.388 e. The SMILES string of the molecule is OC1(Cn2ccnc2)CCN(CC2(c3ccccc3)CCOC2)CC1. The summed E-state index contributed by atoms with van der Waals surface area (Å²) in [7, 11) is 0. The minimum absolute atomic E-state index is 0.0983. The number of nitrogens with zero attached hydrogens (tertiary/aromatic N) is 3. The van der Waals surface area contributed by atoms with E-state index in [0.717, 1.165) is 52.1 Å². The zero-order valence-electron chi connectivity index (χ0n) is 14.7. The molecule has 0 bridgehead atoms. The summed E-state index contributed by atoms with van der Waals surface area (Å²) in [6.45, 7) is 5.14. The van der Waals surface area contributed by atoms with E-state index in [4.69, 9.17) is 4.74 Å². The standard InChI is InChI=1S/C20H27N3O2/c24-20(15-23-12-9-21-17-23)6-10-22(11-7-20)14-19(8-13-25-16-19)18-4-2-1-3-5-18/h1-5,9,12,17,24H,6-8,10-11,13-16H2. The van der Waals surface area contributed by atoms with Gasteiger partial charge in [0, 0.05) is 44.0 Å². The third-order valence-electron chi connectivity index (χ3n) is 5.84. The number of piperidine rings is 1. The molecule has 1 N–H and O–H groups in total. The van der Waals surface area contributed by atoms with Crippen molar-refractivity contribution >= 4 is 0 Å². The summed E-state index contributed by atoms with van der Waals surface area (Å²) in [5.74, 6) is 0. The smallest absolute Gasteiger partial charge is 0.0946 e. The van der Waals surface area contributed by atoms with Gasteiger partial charge in [-0.3, -0.25) is 0 Å². The lowest BCUT2D eigenvalue weighted by molar-refractivity contribution is -0.0383. The highest BCUT2D eigenvalue weighted by Gasteiger charge is 2.40. The Bertz CT molecular complexity index is 658. The van der Waals surface area contributed by atoms with Crippen LogP contribution in [0.5, 0.6) is 0 Å². The summed E-state index contributed by atoms with van der Waals surface area (Å²) >= 11 is 0. The number of aliphatic hydroxyl groups is 1. The molecule has 5 nitrogen and oxygen atoms in total. The van der Waals surface area contributed by atoms with Crippen molar-refractivity contribution in [3.63, 3.8) is 0 Å². The molecule has 1 atom stereocenters. The molecule has 2 aliphatic rings. The number of ether oxygens (including phenoxy) is 1. The quantitative estimate of drug-likeness (QED) is 0.905. The van der Waals surface area contributed by atoms with Crippen LogP contribution in [0.3, 0.4) is 0 Å². The van der Waals surface area contributed by atoms with Gasteiger partial charge in [-0.05, 0) is 24.8 Å². The van der Waals surface area contributed by atoms with Gasteiger partial charge in [-0.2, -0.15) is 0 Å². The van der Waals surface area contributed by atoms with Crippen LogP contribution in [0.15, 0.2) is 49.1 Å². The summed E-state index contributed by atoms with van der Waals surface area (Å²) in [5.41, 5.74) is 0.858. The normalized spacial score (nSPS) is 26.8. The Morgan fingerprint density at radius 1 is 1.08 bits per heavy atom. The lowest BCUT2D eigenvalue weighted by Gasteiger charge is -2.42. The second-order valence-electron chi connectivity index (χ2n) is 7.68. The van der Waals surface area contributed by atoms with Gasteiger partial charge in [-0.15, -0.1) is 0 Å². The minimum Gasteiger partial charge on any atom is -0.388 e. The third kappa shape index (κ3) is 3.64. The molecule has 0 aliphatic carbocycles. The molecule has 25 heavy (non-hydrogen) atoms. The van der Waals surface area contributed by atoms with E-state index in [0.29, 0.717) is 6.54 Å². The third-order valence-corrected chi connectivity index (χ3v) is 5.84. The van der Waals surface area contributed by atoms with E-state index in [1.807, 2.05) is 10.8 Å². The van der Waals surface area contributed by atoms with E-state index in [1.54, 1.807) is 12.5 Å². The van der Waals surface area contributed by atoms with Gasteiger partial charge in [-0.1, -0.05) is 30.3 Å². The van der Waals surface area contributed by atoms with E-state index in [-0.39, 0.29) is 5.41 Å². The van der Waals surface area contributed by atoms with Gasteiger partial charge in [0.25, 0.3) is 0 Å². The topological polar surface area (TPSA) is 50.5 Å². The fraction of sp³-hybridized carbons (Fsp3) is 0.550. The van der Waals surface area contributed by atoms with Gasteiger partial charge in [-0.25, -0.2) is 4.98 Å². The molecule has 5 heteroatoms.